The minimum absolute atomic E-state index is 0.289. The summed E-state index contributed by atoms with van der Waals surface area (Å²) >= 11 is 0. The molecule has 5 rings (SSSR count). The first kappa shape index (κ1) is 19.3. The van der Waals surface area contributed by atoms with Gasteiger partial charge in [0.1, 0.15) is 11.9 Å². The zero-order valence-electron chi connectivity index (χ0n) is 17.6. The summed E-state index contributed by atoms with van der Waals surface area (Å²) in [5, 5.41) is 9.28. The van der Waals surface area contributed by atoms with Crippen molar-refractivity contribution in [1.82, 2.24) is 24.5 Å². The maximum atomic E-state index is 14.2. The number of rotatable bonds is 1. The van der Waals surface area contributed by atoms with Gasteiger partial charge in [-0.15, -0.1) is 0 Å². The van der Waals surface area contributed by atoms with Gasteiger partial charge in [-0.3, -0.25) is 9.36 Å². The lowest BCUT2D eigenvalue weighted by Gasteiger charge is -2.21. The van der Waals surface area contributed by atoms with Crippen LogP contribution in [-0.4, -0.2) is 24.5 Å². The van der Waals surface area contributed by atoms with E-state index in [0.717, 1.165) is 39.2 Å². The quantitative estimate of drug-likeness (QED) is 0.502. The summed E-state index contributed by atoms with van der Waals surface area (Å²) in [7, 11) is 1.89. The number of hydrogen-bond acceptors (Lipinski definition) is 5. The number of pyridine rings is 1. The summed E-state index contributed by atoms with van der Waals surface area (Å²) in [6.45, 7) is 4.64. The SMILES string of the molecule is CCn1ncc2c1-c1cnc(N)c(c1)OC(C)c1cc(F)ccc1-c1cn(C)nc1C2. The molecule has 7 nitrogen and oxygen atoms in total. The Morgan fingerprint density at radius 2 is 2.06 bits per heavy atom. The maximum absolute atomic E-state index is 14.2. The van der Waals surface area contributed by atoms with Crippen LogP contribution in [-0.2, 0) is 20.0 Å². The van der Waals surface area contributed by atoms with E-state index in [1.54, 1.807) is 16.9 Å². The monoisotopic (exact) mass is 418 g/mol. The Balaban J connectivity index is 1.81. The number of fused-ring (bicyclic) bond motifs is 7. The molecule has 0 amide bonds. The van der Waals surface area contributed by atoms with Gasteiger partial charge in [-0.25, -0.2) is 9.37 Å². The van der Waals surface area contributed by atoms with E-state index in [9.17, 15) is 4.39 Å². The van der Waals surface area contributed by atoms with Crippen molar-refractivity contribution in [3.63, 3.8) is 0 Å². The van der Waals surface area contributed by atoms with Crippen LogP contribution < -0.4 is 10.5 Å². The van der Waals surface area contributed by atoms with Crippen molar-refractivity contribution >= 4 is 5.82 Å². The molecule has 158 valence electrons. The van der Waals surface area contributed by atoms with Crippen molar-refractivity contribution in [3.05, 3.63) is 65.5 Å². The van der Waals surface area contributed by atoms with Crippen LogP contribution in [0.2, 0.25) is 0 Å². The number of ether oxygens (including phenoxy) is 1. The molecule has 2 bridgehead atoms. The lowest BCUT2D eigenvalue weighted by Crippen LogP contribution is -2.09. The van der Waals surface area contributed by atoms with Crippen LogP contribution in [0.15, 0.2) is 42.9 Å². The lowest BCUT2D eigenvalue weighted by molar-refractivity contribution is 0.228. The van der Waals surface area contributed by atoms with Gasteiger partial charge < -0.3 is 10.5 Å². The van der Waals surface area contributed by atoms with E-state index in [2.05, 4.69) is 10.1 Å². The standard InChI is InChI=1S/C23H23FN6O/c1-4-30-22-14(11-27-30)7-20-19(12-29(3)28-20)17-6-5-16(24)9-18(17)13(2)31-21-8-15(22)10-26-23(21)25/h5-6,8-13H,4,7H2,1-3H3,(H2,25,26). The van der Waals surface area contributed by atoms with Crippen LogP contribution >= 0.6 is 0 Å². The number of aromatic nitrogens is 5. The number of aryl methyl sites for hydroxylation is 2. The van der Waals surface area contributed by atoms with Gasteiger partial charge in [0.2, 0.25) is 0 Å². The van der Waals surface area contributed by atoms with Crippen LogP contribution in [0.25, 0.3) is 22.4 Å². The highest BCUT2D eigenvalue weighted by Crippen LogP contribution is 2.38. The number of benzene rings is 1. The van der Waals surface area contributed by atoms with E-state index in [4.69, 9.17) is 15.6 Å². The molecule has 1 aromatic carbocycles. The number of nitrogens with zero attached hydrogens (tertiary/aromatic N) is 5. The first-order chi connectivity index (χ1) is 14.9. The van der Waals surface area contributed by atoms with Crippen molar-refractivity contribution in [2.24, 2.45) is 7.05 Å². The predicted octanol–water partition coefficient (Wildman–Crippen LogP) is 4.13. The Morgan fingerprint density at radius 3 is 2.87 bits per heavy atom. The molecule has 0 saturated carbocycles. The first-order valence-electron chi connectivity index (χ1n) is 10.2. The minimum atomic E-state index is -0.451. The van der Waals surface area contributed by atoms with E-state index in [-0.39, 0.29) is 11.6 Å². The Hall–Kier alpha value is -3.68. The Bertz CT molecular complexity index is 1290. The molecule has 31 heavy (non-hydrogen) atoms. The molecule has 1 atom stereocenters. The molecular formula is C23H23FN6O. The molecule has 4 heterocycles. The molecular weight excluding hydrogens is 395 g/mol. The number of anilines is 1. The zero-order valence-corrected chi connectivity index (χ0v) is 17.6. The summed E-state index contributed by atoms with van der Waals surface area (Å²) in [5.41, 5.74) is 12.4. The predicted molar refractivity (Wildman–Crippen MR) is 116 cm³/mol. The van der Waals surface area contributed by atoms with Crippen molar-refractivity contribution in [2.75, 3.05) is 5.73 Å². The van der Waals surface area contributed by atoms with Gasteiger partial charge in [0.15, 0.2) is 11.6 Å². The van der Waals surface area contributed by atoms with Crippen LogP contribution in [0.4, 0.5) is 10.2 Å². The summed E-state index contributed by atoms with van der Waals surface area (Å²) in [5.74, 6) is 0.428. The van der Waals surface area contributed by atoms with E-state index < -0.39 is 6.10 Å². The summed E-state index contributed by atoms with van der Waals surface area (Å²) in [6.07, 6.45) is 5.70. The molecule has 3 aromatic heterocycles. The average Bonchev–Trinajstić information content (AvgIpc) is 3.32. The number of hydrogen-bond donors (Lipinski definition) is 1. The number of nitrogen functional groups attached to an aromatic ring is 1. The number of halogens is 1. The third kappa shape index (κ3) is 3.24. The molecule has 0 fully saturated rings. The van der Waals surface area contributed by atoms with E-state index >= 15 is 0 Å². The normalized spacial score (nSPS) is 15.2. The van der Waals surface area contributed by atoms with E-state index in [1.807, 2.05) is 44.0 Å². The maximum Gasteiger partial charge on any atom is 0.166 e. The average molecular weight is 418 g/mol. The van der Waals surface area contributed by atoms with Crippen molar-refractivity contribution in [2.45, 2.75) is 32.9 Å². The van der Waals surface area contributed by atoms with Gasteiger partial charge in [-0.1, -0.05) is 6.07 Å². The van der Waals surface area contributed by atoms with Gasteiger partial charge >= 0.3 is 0 Å². The summed E-state index contributed by atoms with van der Waals surface area (Å²) < 4.78 is 24.2. The highest BCUT2D eigenvalue weighted by Gasteiger charge is 2.24. The van der Waals surface area contributed by atoms with Crippen molar-refractivity contribution in [3.8, 4) is 28.1 Å². The smallest absolute Gasteiger partial charge is 0.166 e. The van der Waals surface area contributed by atoms with E-state index in [0.29, 0.717) is 18.7 Å². The van der Waals surface area contributed by atoms with E-state index in [1.165, 1.54) is 12.1 Å². The van der Waals surface area contributed by atoms with Crippen LogP contribution in [0.1, 0.15) is 36.8 Å². The molecule has 1 unspecified atom stereocenters. The van der Waals surface area contributed by atoms with Gasteiger partial charge in [0.25, 0.3) is 0 Å². The molecule has 1 aliphatic heterocycles. The van der Waals surface area contributed by atoms with Gasteiger partial charge in [0, 0.05) is 54.7 Å². The molecule has 8 heteroatoms. The van der Waals surface area contributed by atoms with Crippen LogP contribution in [0, 0.1) is 5.82 Å². The Labute approximate surface area is 179 Å². The second-order valence-corrected chi connectivity index (χ2v) is 7.77. The molecule has 1 aliphatic rings. The molecule has 0 radical (unpaired) electrons. The highest BCUT2D eigenvalue weighted by molar-refractivity contribution is 5.72. The molecule has 0 spiro atoms. The van der Waals surface area contributed by atoms with Crippen molar-refractivity contribution < 1.29 is 9.13 Å². The topological polar surface area (TPSA) is 83.8 Å². The fraction of sp³-hybridized carbons (Fsp3) is 0.261. The lowest BCUT2D eigenvalue weighted by atomic mass is 9.94. The fourth-order valence-electron chi connectivity index (χ4n) is 4.25. The van der Waals surface area contributed by atoms with Crippen LogP contribution in [0.5, 0.6) is 5.75 Å². The Morgan fingerprint density at radius 1 is 1.23 bits per heavy atom. The first-order valence-corrected chi connectivity index (χ1v) is 10.2. The summed E-state index contributed by atoms with van der Waals surface area (Å²) in [4.78, 5) is 4.36. The van der Waals surface area contributed by atoms with Crippen LogP contribution in [0.3, 0.4) is 0 Å². The summed E-state index contributed by atoms with van der Waals surface area (Å²) in [6, 6.07) is 6.64. The second-order valence-electron chi connectivity index (χ2n) is 7.77. The zero-order chi connectivity index (χ0) is 21.7. The molecule has 0 aliphatic carbocycles. The third-order valence-corrected chi connectivity index (χ3v) is 5.68. The minimum Gasteiger partial charge on any atom is -0.482 e. The Kier molecular flexibility index (Phi) is 4.50. The number of nitrogens with two attached hydrogens (primary N) is 1. The molecule has 0 saturated heterocycles. The largest absolute Gasteiger partial charge is 0.482 e. The van der Waals surface area contributed by atoms with Crippen molar-refractivity contribution in [1.29, 1.82) is 0 Å². The molecule has 4 aromatic rings. The second kappa shape index (κ2) is 7.23. The van der Waals surface area contributed by atoms with Gasteiger partial charge in [-0.2, -0.15) is 10.2 Å². The highest BCUT2D eigenvalue weighted by atomic mass is 19.1. The van der Waals surface area contributed by atoms with Gasteiger partial charge in [0.05, 0.1) is 17.6 Å². The molecule has 2 N–H and O–H groups in total. The third-order valence-electron chi connectivity index (χ3n) is 5.68. The fourth-order valence-corrected chi connectivity index (χ4v) is 4.25. The van der Waals surface area contributed by atoms with Gasteiger partial charge in [-0.05, 0) is 37.6 Å².